The molecule has 180 valence electrons. The minimum absolute atomic E-state index is 0.0294. The second kappa shape index (κ2) is 11.6. The summed E-state index contributed by atoms with van der Waals surface area (Å²) in [4.78, 5) is 29.9. The van der Waals surface area contributed by atoms with Gasteiger partial charge in [0.05, 0.1) is 13.5 Å². The number of anilines is 1. The summed E-state index contributed by atoms with van der Waals surface area (Å²) in [5.74, 6) is 0.357. The van der Waals surface area contributed by atoms with Crippen LogP contribution < -0.4 is 10.1 Å². The van der Waals surface area contributed by atoms with Gasteiger partial charge < -0.3 is 15.0 Å². The Morgan fingerprint density at radius 3 is 2.03 bits per heavy atom. The Hall–Kier alpha value is -3.71. The number of hydrogen-bond donors (Lipinski definition) is 1. The third kappa shape index (κ3) is 6.25. The van der Waals surface area contributed by atoms with E-state index in [9.17, 15) is 9.59 Å². The highest BCUT2D eigenvalue weighted by Gasteiger charge is 2.42. The van der Waals surface area contributed by atoms with E-state index in [4.69, 9.17) is 17.0 Å². The molecule has 6 nitrogen and oxygen atoms in total. The Balaban J connectivity index is 1.46. The number of ether oxygens (including phenoxy) is 1. The Kier molecular flexibility index (Phi) is 8.11. The molecule has 1 fully saturated rings. The predicted molar refractivity (Wildman–Crippen MR) is 141 cm³/mol. The summed E-state index contributed by atoms with van der Waals surface area (Å²) in [6.45, 7) is 1.05. The Bertz CT molecular complexity index is 1150. The number of carbonyl (C=O) groups excluding carboxylic acids is 2. The lowest BCUT2D eigenvalue weighted by Crippen LogP contribution is -2.39. The van der Waals surface area contributed by atoms with Crippen LogP contribution in [-0.4, -0.2) is 53.0 Å². The fraction of sp³-hybridized carbons (Fsp3) is 0.250. The first-order valence-corrected chi connectivity index (χ1v) is 12.1. The fourth-order valence-corrected chi connectivity index (χ4v) is 4.59. The topological polar surface area (TPSA) is 61.9 Å². The minimum Gasteiger partial charge on any atom is -0.497 e. The van der Waals surface area contributed by atoms with Crippen LogP contribution in [-0.2, 0) is 22.4 Å². The van der Waals surface area contributed by atoms with Gasteiger partial charge in [0.1, 0.15) is 11.8 Å². The molecule has 0 saturated carbocycles. The van der Waals surface area contributed by atoms with E-state index in [-0.39, 0.29) is 18.2 Å². The zero-order chi connectivity index (χ0) is 24.6. The molecule has 0 aliphatic carbocycles. The van der Waals surface area contributed by atoms with Gasteiger partial charge in [0.2, 0.25) is 5.91 Å². The third-order valence-corrected chi connectivity index (χ3v) is 6.56. The molecule has 35 heavy (non-hydrogen) atoms. The van der Waals surface area contributed by atoms with Crippen molar-refractivity contribution in [2.24, 2.45) is 0 Å². The second-order valence-corrected chi connectivity index (χ2v) is 8.80. The molecular weight excluding hydrogens is 458 g/mol. The first kappa shape index (κ1) is 24.4. The van der Waals surface area contributed by atoms with Gasteiger partial charge in [0, 0.05) is 18.8 Å². The van der Waals surface area contributed by atoms with Gasteiger partial charge in [-0.05, 0) is 60.5 Å². The molecule has 4 rings (SSSR count). The van der Waals surface area contributed by atoms with Crippen molar-refractivity contribution in [1.82, 2.24) is 9.80 Å². The van der Waals surface area contributed by atoms with Gasteiger partial charge in [-0.25, -0.2) is 0 Å². The van der Waals surface area contributed by atoms with E-state index in [0.29, 0.717) is 36.1 Å². The molecule has 3 aromatic rings. The Labute approximate surface area is 211 Å². The molecule has 7 heteroatoms. The third-order valence-electron chi connectivity index (χ3n) is 6.11. The normalized spacial score (nSPS) is 15.4. The fourth-order valence-electron chi connectivity index (χ4n) is 4.19. The smallest absolute Gasteiger partial charge is 0.252 e. The van der Waals surface area contributed by atoms with Crippen molar-refractivity contribution < 1.29 is 14.3 Å². The van der Waals surface area contributed by atoms with Crippen LogP contribution in [0.5, 0.6) is 5.75 Å². The van der Waals surface area contributed by atoms with E-state index in [0.717, 1.165) is 17.5 Å². The summed E-state index contributed by atoms with van der Waals surface area (Å²) in [6.07, 6.45) is 1.46. The van der Waals surface area contributed by atoms with Crippen LogP contribution in [0, 0.1) is 0 Å². The van der Waals surface area contributed by atoms with E-state index in [1.54, 1.807) is 36.3 Å². The first-order chi connectivity index (χ1) is 17.0. The van der Waals surface area contributed by atoms with Gasteiger partial charge >= 0.3 is 0 Å². The molecule has 1 saturated heterocycles. The van der Waals surface area contributed by atoms with Crippen LogP contribution in [0.25, 0.3) is 0 Å². The quantitative estimate of drug-likeness (QED) is 0.432. The van der Waals surface area contributed by atoms with Gasteiger partial charge in [-0.15, -0.1) is 0 Å². The van der Waals surface area contributed by atoms with Crippen LogP contribution in [0.2, 0.25) is 0 Å². The largest absolute Gasteiger partial charge is 0.497 e. The van der Waals surface area contributed by atoms with Crippen LogP contribution >= 0.6 is 12.2 Å². The summed E-state index contributed by atoms with van der Waals surface area (Å²) in [7, 11) is 1.59. The van der Waals surface area contributed by atoms with E-state index < -0.39 is 6.04 Å². The zero-order valence-electron chi connectivity index (χ0n) is 19.7. The van der Waals surface area contributed by atoms with Crippen molar-refractivity contribution in [2.75, 3.05) is 25.5 Å². The molecule has 0 aromatic heterocycles. The van der Waals surface area contributed by atoms with Gasteiger partial charge in [-0.3, -0.25) is 14.5 Å². The molecule has 0 spiro atoms. The van der Waals surface area contributed by atoms with E-state index in [1.165, 1.54) is 0 Å². The lowest BCUT2D eigenvalue weighted by molar-refractivity contribution is -0.130. The van der Waals surface area contributed by atoms with Crippen molar-refractivity contribution in [1.29, 1.82) is 0 Å². The summed E-state index contributed by atoms with van der Waals surface area (Å²) in [6, 6.07) is 26.6. The average Bonchev–Trinajstić information content (AvgIpc) is 3.11. The highest BCUT2D eigenvalue weighted by atomic mass is 32.1. The number of thiocarbonyl (C=S) groups is 1. The van der Waals surface area contributed by atoms with Crippen LogP contribution in [0.4, 0.5) is 5.69 Å². The number of amides is 2. The van der Waals surface area contributed by atoms with Crippen LogP contribution in [0.15, 0.2) is 84.9 Å². The van der Waals surface area contributed by atoms with Gasteiger partial charge in [0.15, 0.2) is 5.11 Å². The highest BCUT2D eigenvalue weighted by molar-refractivity contribution is 7.80. The lowest BCUT2D eigenvalue weighted by Gasteiger charge is -2.24. The van der Waals surface area contributed by atoms with Crippen molar-refractivity contribution in [3.8, 4) is 5.75 Å². The van der Waals surface area contributed by atoms with Crippen molar-refractivity contribution in [3.05, 3.63) is 96.1 Å². The summed E-state index contributed by atoms with van der Waals surface area (Å²) in [5, 5.41) is 3.38. The minimum atomic E-state index is -0.625. The molecule has 0 unspecified atom stereocenters. The first-order valence-electron chi connectivity index (χ1n) is 11.7. The number of methoxy groups -OCH3 is 1. The SMILES string of the molecule is COc1ccc(NC(=O)C[C@@H]2C(=O)N(CCc3ccccc3)C(=S)N2CCc2ccccc2)cc1. The average molecular weight is 488 g/mol. The second-order valence-electron chi connectivity index (χ2n) is 8.43. The summed E-state index contributed by atoms with van der Waals surface area (Å²) >= 11 is 5.74. The number of benzene rings is 3. The number of nitrogens with one attached hydrogen (secondary N) is 1. The molecule has 1 heterocycles. The van der Waals surface area contributed by atoms with Crippen molar-refractivity contribution in [3.63, 3.8) is 0 Å². The predicted octanol–water partition coefficient (Wildman–Crippen LogP) is 4.31. The number of rotatable bonds is 10. The molecule has 1 aliphatic heterocycles. The Morgan fingerprint density at radius 2 is 1.46 bits per heavy atom. The molecule has 1 atom stereocenters. The van der Waals surface area contributed by atoms with Crippen LogP contribution in [0.3, 0.4) is 0 Å². The zero-order valence-corrected chi connectivity index (χ0v) is 20.5. The molecule has 2 amide bonds. The maximum Gasteiger partial charge on any atom is 0.252 e. The summed E-state index contributed by atoms with van der Waals surface area (Å²) in [5.41, 5.74) is 2.95. The molecular formula is C28H29N3O3S. The van der Waals surface area contributed by atoms with Gasteiger partial charge in [-0.2, -0.15) is 0 Å². The monoisotopic (exact) mass is 487 g/mol. The lowest BCUT2D eigenvalue weighted by atomic mass is 10.1. The van der Waals surface area contributed by atoms with E-state index in [1.807, 2.05) is 53.4 Å². The Morgan fingerprint density at radius 1 is 0.886 bits per heavy atom. The van der Waals surface area contributed by atoms with Gasteiger partial charge in [-0.1, -0.05) is 60.7 Å². The number of hydrogen-bond acceptors (Lipinski definition) is 4. The van der Waals surface area contributed by atoms with E-state index >= 15 is 0 Å². The highest BCUT2D eigenvalue weighted by Crippen LogP contribution is 2.23. The van der Waals surface area contributed by atoms with E-state index in [2.05, 4.69) is 17.4 Å². The van der Waals surface area contributed by atoms with Crippen LogP contribution in [0.1, 0.15) is 17.5 Å². The molecule has 3 aromatic carbocycles. The molecule has 0 radical (unpaired) electrons. The maximum atomic E-state index is 13.4. The number of nitrogens with zero attached hydrogens (tertiary/aromatic N) is 2. The number of carbonyl (C=O) groups is 2. The molecule has 0 bridgehead atoms. The standard InChI is InChI=1S/C28H29N3O3S/c1-34-24-14-12-23(13-15-24)29-26(32)20-25-27(33)31(19-17-22-10-6-3-7-11-22)28(35)30(25)18-16-21-8-4-2-5-9-21/h2-15,25H,16-20H2,1H3,(H,29,32)/t25-/m1/s1. The molecule has 1 N–H and O–H groups in total. The molecule has 1 aliphatic rings. The van der Waals surface area contributed by atoms with Crippen molar-refractivity contribution in [2.45, 2.75) is 25.3 Å². The summed E-state index contributed by atoms with van der Waals surface area (Å²) < 4.78 is 5.17. The van der Waals surface area contributed by atoms with Gasteiger partial charge in [0.25, 0.3) is 5.91 Å². The van der Waals surface area contributed by atoms with Crippen molar-refractivity contribution >= 4 is 34.8 Å². The maximum absolute atomic E-state index is 13.4.